The van der Waals surface area contributed by atoms with E-state index in [1.165, 1.54) is 0 Å². The van der Waals surface area contributed by atoms with Crippen molar-refractivity contribution in [3.05, 3.63) is 23.2 Å². The smallest absolute Gasteiger partial charge is 0.0621 e. The van der Waals surface area contributed by atoms with Crippen molar-refractivity contribution >= 4 is 29.1 Å². The molecule has 0 aliphatic carbocycles. The molecule has 0 saturated carbocycles. The normalized spacial score (nSPS) is 9.87. The highest BCUT2D eigenvalue weighted by molar-refractivity contribution is 7.99. The Bertz CT molecular complexity index is 360. The number of nitriles is 1. The summed E-state index contributed by atoms with van der Waals surface area (Å²) in [6.07, 6.45) is 2.63. The maximum Gasteiger partial charge on any atom is 0.0621 e. The van der Waals surface area contributed by atoms with Crippen molar-refractivity contribution < 1.29 is 0 Å². The van der Waals surface area contributed by atoms with E-state index in [-0.39, 0.29) is 0 Å². The van der Waals surface area contributed by atoms with E-state index in [9.17, 15) is 0 Å². The minimum Gasteiger partial charge on any atom is -0.399 e. The van der Waals surface area contributed by atoms with Gasteiger partial charge in [0, 0.05) is 17.0 Å². The molecular weight excluding hydrogens is 228 g/mol. The molecule has 0 saturated heterocycles. The predicted molar refractivity (Wildman–Crippen MR) is 66.1 cm³/mol. The maximum atomic E-state index is 8.37. The molecule has 4 heteroatoms. The molecule has 0 radical (unpaired) electrons. The molecule has 0 bridgehead atoms. The highest BCUT2D eigenvalue weighted by Gasteiger charge is 2.00. The van der Waals surface area contributed by atoms with Gasteiger partial charge in [-0.05, 0) is 36.8 Å². The molecule has 0 amide bonds. The highest BCUT2D eigenvalue weighted by Crippen LogP contribution is 2.29. The van der Waals surface area contributed by atoms with Crippen LogP contribution >= 0.6 is 23.4 Å². The lowest BCUT2D eigenvalue weighted by Gasteiger charge is -2.04. The highest BCUT2D eigenvalue weighted by atomic mass is 35.5. The SMILES string of the molecule is N#CCCCCSc1ccc(N)cc1Cl. The van der Waals surface area contributed by atoms with Gasteiger partial charge in [-0.2, -0.15) is 5.26 Å². The topological polar surface area (TPSA) is 49.8 Å². The van der Waals surface area contributed by atoms with E-state index < -0.39 is 0 Å². The average molecular weight is 241 g/mol. The van der Waals surface area contributed by atoms with E-state index in [1.54, 1.807) is 17.8 Å². The van der Waals surface area contributed by atoms with Crippen molar-refractivity contribution in [1.29, 1.82) is 5.26 Å². The number of rotatable bonds is 5. The Hall–Kier alpha value is -0.850. The van der Waals surface area contributed by atoms with Crippen LogP contribution in [-0.2, 0) is 0 Å². The molecule has 0 fully saturated rings. The summed E-state index contributed by atoms with van der Waals surface area (Å²) in [5.74, 6) is 0.991. The zero-order valence-electron chi connectivity index (χ0n) is 8.37. The van der Waals surface area contributed by atoms with Gasteiger partial charge in [0.2, 0.25) is 0 Å². The third-order valence-corrected chi connectivity index (χ3v) is 3.48. The summed E-state index contributed by atoms with van der Waals surface area (Å²) in [6.45, 7) is 0. The van der Waals surface area contributed by atoms with E-state index in [4.69, 9.17) is 22.6 Å². The second-order valence-electron chi connectivity index (χ2n) is 3.15. The molecule has 0 heterocycles. The summed E-state index contributed by atoms with van der Waals surface area (Å²) < 4.78 is 0. The second-order valence-corrected chi connectivity index (χ2v) is 4.70. The predicted octanol–water partition coefficient (Wildman–Crippen LogP) is 3.71. The van der Waals surface area contributed by atoms with Gasteiger partial charge in [-0.1, -0.05) is 11.6 Å². The number of nitrogens with zero attached hydrogens (tertiary/aromatic N) is 1. The number of nitrogens with two attached hydrogens (primary N) is 1. The Morgan fingerprint density at radius 3 is 2.87 bits per heavy atom. The molecule has 1 aromatic rings. The fourth-order valence-corrected chi connectivity index (χ4v) is 2.40. The lowest BCUT2D eigenvalue weighted by atomic mass is 10.3. The van der Waals surface area contributed by atoms with Gasteiger partial charge in [-0.15, -0.1) is 11.8 Å². The summed E-state index contributed by atoms with van der Waals surface area (Å²) in [5, 5.41) is 9.07. The Labute approximate surface area is 99.4 Å². The molecule has 2 nitrogen and oxygen atoms in total. The molecule has 0 aliphatic heterocycles. The van der Waals surface area contributed by atoms with E-state index in [2.05, 4.69) is 6.07 Å². The number of hydrogen-bond acceptors (Lipinski definition) is 3. The van der Waals surface area contributed by atoms with Crippen LogP contribution in [0.1, 0.15) is 19.3 Å². The number of hydrogen-bond donors (Lipinski definition) is 1. The largest absolute Gasteiger partial charge is 0.399 e. The summed E-state index contributed by atoms with van der Waals surface area (Å²) in [6, 6.07) is 7.68. The Balaban J connectivity index is 2.35. The van der Waals surface area contributed by atoms with Crippen molar-refractivity contribution in [3.63, 3.8) is 0 Å². The van der Waals surface area contributed by atoms with Crippen molar-refractivity contribution in [2.24, 2.45) is 0 Å². The Kier molecular flexibility index (Phi) is 5.38. The van der Waals surface area contributed by atoms with Crippen LogP contribution in [0.15, 0.2) is 23.1 Å². The number of unbranched alkanes of at least 4 members (excludes halogenated alkanes) is 2. The summed E-state index contributed by atoms with van der Waals surface area (Å²) in [7, 11) is 0. The number of nitrogen functional groups attached to an aromatic ring is 1. The summed E-state index contributed by atoms with van der Waals surface area (Å²) in [4.78, 5) is 1.06. The van der Waals surface area contributed by atoms with Gasteiger partial charge in [0.1, 0.15) is 0 Å². The molecule has 80 valence electrons. The summed E-state index contributed by atoms with van der Waals surface area (Å²) >= 11 is 7.73. The molecule has 0 aromatic heterocycles. The van der Waals surface area contributed by atoms with Gasteiger partial charge in [-0.3, -0.25) is 0 Å². The molecule has 0 unspecified atom stereocenters. The number of benzene rings is 1. The maximum absolute atomic E-state index is 8.37. The molecule has 0 aliphatic rings. The van der Waals surface area contributed by atoms with Crippen LogP contribution < -0.4 is 5.73 Å². The van der Waals surface area contributed by atoms with Crippen LogP contribution in [0.25, 0.3) is 0 Å². The lowest BCUT2D eigenvalue weighted by molar-refractivity contribution is 0.830. The number of thioether (sulfide) groups is 1. The van der Waals surface area contributed by atoms with Gasteiger partial charge in [0.05, 0.1) is 11.1 Å². The van der Waals surface area contributed by atoms with Crippen LogP contribution in [0.3, 0.4) is 0 Å². The van der Waals surface area contributed by atoms with Gasteiger partial charge < -0.3 is 5.73 Å². The Morgan fingerprint density at radius 1 is 1.40 bits per heavy atom. The van der Waals surface area contributed by atoms with Crippen LogP contribution in [0.2, 0.25) is 5.02 Å². The summed E-state index contributed by atoms with van der Waals surface area (Å²) in [5.41, 5.74) is 6.28. The minimum absolute atomic E-state index is 0.635. The van der Waals surface area contributed by atoms with E-state index >= 15 is 0 Å². The Morgan fingerprint density at radius 2 is 2.20 bits per heavy atom. The fraction of sp³-hybridized carbons (Fsp3) is 0.364. The average Bonchev–Trinajstić information content (AvgIpc) is 2.20. The number of halogens is 1. The van der Waals surface area contributed by atoms with Gasteiger partial charge in [-0.25, -0.2) is 0 Å². The molecule has 0 spiro atoms. The molecular formula is C11H13ClN2S. The van der Waals surface area contributed by atoms with E-state index in [0.29, 0.717) is 17.1 Å². The number of anilines is 1. The van der Waals surface area contributed by atoms with Crippen LogP contribution in [0, 0.1) is 11.3 Å². The monoisotopic (exact) mass is 240 g/mol. The quantitative estimate of drug-likeness (QED) is 0.485. The fourth-order valence-electron chi connectivity index (χ4n) is 1.12. The van der Waals surface area contributed by atoms with Crippen molar-refractivity contribution in [3.8, 4) is 6.07 Å². The van der Waals surface area contributed by atoms with Gasteiger partial charge >= 0.3 is 0 Å². The third-order valence-electron chi connectivity index (χ3n) is 1.90. The van der Waals surface area contributed by atoms with Crippen molar-refractivity contribution in [2.45, 2.75) is 24.2 Å². The van der Waals surface area contributed by atoms with Crippen LogP contribution in [0.5, 0.6) is 0 Å². The zero-order valence-corrected chi connectivity index (χ0v) is 9.94. The molecule has 1 rings (SSSR count). The molecule has 0 atom stereocenters. The molecule has 1 aromatic carbocycles. The first kappa shape index (κ1) is 12.2. The standard InChI is InChI=1S/C11H13ClN2S/c12-10-8-9(14)4-5-11(10)15-7-3-1-2-6-13/h4-5,8H,1-3,7,14H2. The first-order chi connectivity index (χ1) is 7.24. The van der Waals surface area contributed by atoms with Crippen LogP contribution in [0.4, 0.5) is 5.69 Å². The van der Waals surface area contributed by atoms with E-state index in [0.717, 1.165) is 23.5 Å². The van der Waals surface area contributed by atoms with E-state index in [1.807, 2.05) is 12.1 Å². The first-order valence-electron chi connectivity index (χ1n) is 4.79. The van der Waals surface area contributed by atoms with Crippen molar-refractivity contribution in [1.82, 2.24) is 0 Å². The first-order valence-corrected chi connectivity index (χ1v) is 6.15. The lowest BCUT2D eigenvalue weighted by Crippen LogP contribution is -1.86. The van der Waals surface area contributed by atoms with Gasteiger partial charge in [0.25, 0.3) is 0 Å². The second kappa shape index (κ2) is 6.60. The minimum atomic E-state index is 0.635. The van der Waals surface area contributed by atoms with Crippen LogP contribution in [-0.4, -0.2) is 5.75 Å². The van der Waals surface area contributed by atoms with Gasteiger partial charge in [0.15, 0.2) is 0 Å². The zero-order chi connectivity index (χ0) is 11.1. The molecule has 15 heavy (non-hydrogen) atoms. The molecule has 2 N–H and O–H groups in total. The van der Waals surface area contributed by atoms with Crippen molar-refractivity contribution in [2.75, 3.05) is 11.5 Å². The third kappa shape index (κ3) is 4.46.